The third-order valence-electron chi connectivity index (χ3n) is 5.13. The van der Waals surface area contributed by atoms with Crippen LogP contribution in [0.4, 0.5) is 0 Å². The summed E-state index contributed by atoms with van der Waals surface area (Å²) in [4.78, 5) is 18.7. The highest BCUT2D eigenvalue weighted by molar-refractivity contribution is 8.20. The van der Waals surface area contributed by atoms with E-state index in [1.807, 2.05) is 66.1 Å². The van der Waals surface area contributed by atoms with Gasteiger partial charge in [0.1, 0.15) is 4.08 Å². The summed E-state index contributed by atoms with van der Waals surface area (Å²) in [7, 11) is 0. The van der Waals surface area contributed by atoms with Gasteiger partial charge in [0.15, 0.2) is 0 Å². The van der Waals surface area contributed by atoms with Crippen LogP contribution in [-0.2, 0) is 4.08 Å². The van der Waals surface area contributed by atoms with Gasteiger partial charge in [-0.1, -0.05) is 95.8 Å². The van der Waals surface area contributed by atoms with Gasteiger partial charge >= 0.3 is 0 Å². The Kier molecular flexibility index (Phi) is 4.61. The lowest BCUT2D eigenvalue weighted by atomic mass is 10.0. The van der Waals surface area contributed by atoms with Crippen LogP contribution < -0.4 is 0 Å². The van der Waals surface area contributed by atoms with Gasteiger partial charge in [-0.15, -0.1) is 0 Å². The van der Waals surface area contributed by atoms with Crippen molar-refractivity contribution in [1.82, 2.24) is 4.98 Å². The molecule has 0 saturated carbocycles. The minimum absolute atomic E-state index is 0.0152. The summed E-state index contributed by atoms with van der Waals surface area (Å²) in [5.74, 6) is 0.0152. The van der Waals surface area contributed by atoms with E-state index in [0.717, 1.165) is 5.56 Å². The van der Waals surface area contributed by atoms with Crippen molar-refractivity contribution >= 4 is 29.3 Å². The fourth-order valence-electron chi connectivity index (χ4n) is 3.59. The van der Waals surface area contributed by atoms with E-state index in [4.69, 9.17) is 0 Å². The summed E-state index contributed by atoms with van der Waals surface area (Å²) in [6, 6.07) is 28.7. The van der Waals surface area contributed by atoms with Crippen LogP contribution in [0, 0.1) is 6.92 Å². The molecule has 0 spiro atoms. The maximum absolute atomic E-state index is 12.9. The van der Waals surface area contributed by atoms with Crippen molar-refractivity contribution in [3.63, 3.8) is 0 Å². The van der Waals surface area contributed by atoms with Crippen molar-refractivity contribution in [2.24, 2.45) is 0 Å². The van der Waals surface area contributed by atoms with E-state index < -0.39 is 0 Å². The lowest BCUT2D eigenvalue weighted by molar-refractivity contribution is 0.103. The molecule has 5 rings (SSSR count). The number of rotatable bonds is 4. The average Bonchev–Trinajstić information content (AvgIpc) is 3.40. The van der Waals surface area contributed by atoms with Gasteiger partial charge < -0.3 is 4.98 Å². The standard InChI is InChI=1S/C25H19NOS2/c1-17-11-13-19(14-12-17)25(28-22-9-5-6-10-23(22)29-25)20-15-21(26-16-20)24(27)18-7-3-2-4-8-18/h2-16,26H,1H3. The Morgan fingerprint density at radius 2 is 1.41 bits per heavy atom. The summed E-state index contributed by atoms with van der Waals surface area (Å²) in [6.07, 6.45) is 1.99. The molecule has 0 saturated heterocycles. The first kappa shape index (κ1) is 18.3. The summed E-state index contributed by atoms with van der Waals surface area (Å²) in [5, 5.41) is 0. The van der Waals surface area contributed by atoms with Crippen molar-refractivity contribution in [3.8, 4) is 0 Å². The molecule has 2 nitrogen and oxygen atoms in total. The molecule has 1 N–H and O–H groups in total. The zero-order valence-electron chi connectivity index (χ0n) is 15.9. The van der Waals surface area contributed by atoms with Gasteiger partial charge in [0.05, 0.1) is 5.69 Å². The second-order valence-electron chi connectivity index (χ2n) is 7.13. The molecule has 0 unspecified atom stereocenters. The second-order valence-corrected chi connectivity index (χ2v) is 9.90. The highest BCUT2D eigenvalue weighted by Crippen LogP contribution is 2.64. The fraction of sp³-hybridized carbons (Fsp3) is 0.0800. The zero-order chi connectivity index (χ0) is 19.8. The third kappa shape index (κ3) is 3.22. The number of hydrogen-bond donors (Lipinski definition) is 1. The molecule has 0 radical (unpaired) electrons. The predicted molar refractivity (Wildman–Crippen MR) is 121 cm³/mol. The number of nitrogens with one attached hydrogen (secondary N) is 1. The quantitative estimate of drug-likeness (QED) is 0.380. The number of benzene rings is 3. The number of carbonyl (C=O) groups excluding carboxylic acids is 1. The normalized spacial score (nSPS) is 14.5. The number of H-pyrrole nitrogens is 1. The molecule has 1 aliphatic heterocycles. The number of hydrogen-bond acceptors (Lipinski definition) is 3. The molecule has 3 aromatic carbocycles. The van der Waals surface area contributed by atoms with Gasteiger partial charge in [0.2, 0.25) is 5.78 Å². The van der Waals surface area contributed by atoms with Gasteiger partial charge in [0, 0.05) is 27.1 Å². The minimum Gasteiger partial charge on any atom is -0.358 e. The first-order chi connectivity index (χ1) is 14.2. The summed E-state index contributed by atoms with van der Waals surface area (Å²) < 4.78 is -0.316. The smallest absolute Gasteiger partial charge is 0.209 e. The molecular formula is C25H19NOS2. The fourth-order valence-corrected chi connectivity index (χ4v) is 6.77. The van der Waals surface area contributed by atoms with Gasteiger partial charge in [-0.2, -0.15) is 0 Å². The van der Waals surface area contributed by atoms with Crippen molar-refractivity contribution in [1.29, 1.82) is 0 Å². The Hall–Kier alpha value is -2.69. The van der Waals surface area contributed by atoms with Gasteiger partial charge in [0.25, 0.3) is 0 Å². The number of fused-ring (bicyclic) bond motifs is 1. The summed E-state index contributed by atoms with van der Waals surface area (Å²) in [6.45, 7) is 2.10. The molecule has 1 aliphatic rings. The molecule has 0 fully saturated rings. The van der Waals surface area contributed by atoms with Crippen LogP contribution in [0.1, 0.15) is 32.7 Å². The lowest BCUT2D eigenvalue weighted by Gasteiger charge is -2.27. The zero-order valence-corrected chi connectivity index (χ0v) is 17.5. The van der Waals surface area contributed by atoms with Crippen LogP contribution >= 0.6 is 23.5 Å². The van der Waals surface area contributed by atoms with Crippen molar-refractivity contribution in [2.75, 3.05) is 0 Å². The molecule has 2 heterocycles. The van der Waals surface area contributed by atoms with E-state index in [0.29, 0.717) is 11.3 Å². The molecule has 1 aromatic heterocycles. The van der Waals surface area contributed by atoms with Crippen LogP contribution in [0.25, 0.3) is 0 Å². The molecule has 0 bridgehead atoms. The van der Waals surface area contributed by atoms with E-state index in [1.165, 1.54) is 20.9 Å². The summed E-state index contributed by atoms with van der Waals surface area (Å²) in [5.41, 5.74) is 4.89. The average molecular weight is 414 g/mol. The number of ketones is 1. The predicted octanol–water partition coefficient (Wildman–Crippen LogP) is 6.65. The highest BCUT2D eigenvalue weighted by atomic mass is 32.2. The van der Waals surface area contributed by atoms with E-state index in [1.54, 1.807) is 0 Å². The topological polar surface area (TPSA) is 32.9 Å². The Bertz CT molecular complexity index is 1150. The Labute approximate surface area is 178 Å². The number of carbonyl (C=O) groups is 1. The molecule has 4 aromatic rings. The Balaban J connectivity index is 1.59. The van der Waals surface area contributed by atoms with Gasteiger partial charge in [-0.25, -0.2) is 0 Å². The van der Waals surface area contributed by atoms with Gasteiger partial charge in [-0.05, 0) is 30.7 Å². The highest BCUT2D eigenvalue weighted by Gasteiger charge is 2.43. The SMILES string of the molecule is Cc1ccc(C2(c3c[nH]c(C(=O)c4ccccc4)c3)Sc3ccccc3S2)cc1. The Morgan fingerprint density at radius 1 is 0.793 bits per heavy atom. The number of thioether (sulfide) groups is 2. The molecule has 4 heteroatoms. The first-order valence-electron chi connectivity index (χ1n) is 9.48. The molecule has 142 valence electrons. The second kappa shape index (κ2) is 7.29. The molecule has 0 atom stereocenters. The van der Waals surface area contributed by atoms with Crippen LogP contribution in [-0.4, -0.2) is 10.8 Å². The van der Waals surface area contributed by atoms with Crippen LogP contribution in [0.5, 0.6) is 0 Å². The largest absolute Gasteiger partial charge is 0.358 e. The van der Waals surface area contributed by atoms with E-state index in [9.17, 15) is 4.79 Å². The third-order valence-corrected chi connectivity index (χ3v) is 8.43. The van der Waals surface area contributed by atoms with Crippen molar-refractivity contribution < 1.29 is 4.79 Å². The maximum atomic E-state index is 12.9. The van der Waals surface area contributed by atoms with E-state index >= 15 is 0 Å². The number of aromatic amines is 1. The van der Waals surface area contributed by atoms with Crippen molar-refractivity contribution in [2.45, 2.75) is 20.8 Å². The lowest BCUT2D eigenvalue weighted by Crippen LogP contribution is -2.15. The van der Waals surface area contributed by atoms with Crippen LogP contribution in [0.15, 0.2) is 101 Å². The minimum atomic E-state index is -0.316. The first-order valence-corrected chi connectivity index (χ1v) is 11.1. The summed E-state index contributed by atoms with van der Waals surface area (Å²) >= 11 is 3.70. The molecule has 0 amide bonds. The van der Waals surface area contributed by atoms with Crippen LogP contribution in [0.3, 0.4) is 0 Å². The van der Waals surface area contributed by atoms with Crippen LogP contribution in [0.2, 0.25) is 0 Å². The molecule has 0 aliphatic carbocycles. The van der Waals surface area contributed by atoms with E-state index in [2.05, 4.69) is 60.4 Å². The molecular weight excluding hydrogens is 394 g/mol. The maximum Gasteiger partial charge on any atom is 0.209 e. The number of aromatic nitrogens is 1. The molecule has 29 heavy (non-hydrogen) atoms. The monoisotopic (exact) mass is 413 g/mol. The van der Waals surface area contributed by atoms with Gasteiger partial charge in [-0.3, -0.25) is 4.79 Å². The van der Waals surface area contributed by atoms with Crippen molar-refractivity contribution in [3.05, 3.63) is 119 Å². The number of aryl methyl sites for hydroxylation is 1. The Morgan fingerprint density at radius 3 is 2.07 bits per heavy atom. The van der Waals surface area contributed by atoms with E-state index in [-0.39, 0.29) is 9.86 Å².